The number of hydrogen-bond donors (Lipinski definition) is 2. The predicted molar refractivity (Wildman–Crippen MR) is 95.1 cm³/mol. The zero-order chi connectivity index (χ0) is 17.8. The van der Waals surface area contributed by atoms with E-state index in [9.17, 15) is 14.7 Å². The van der Waals surface area contributed by atoms with Crippen molar-refractivity contribution in [1.82, 2.24) is 9.78 Å². The molecule has 0 radical (unpaired) electrons. The highest BCUT2D eigenvalue weighted by Gasteiger charge is 2.22. The van der Waals surface area contributed by atoms with Crippen molar-refractivity contribution >= 4 is 29.3 Å². The van der Waals surface area contributed by atoms with Gasteiger partial charge in [-0.2, -0.15) is 5.10 Å². The summed E-state index contributed by atoms with van der Waals surface area (Å²) < 4.78 is 1.26. The van der Waals surface area contributed by atoms with Gasteiger partial charge < -0.3 is 10.4 Å². The summed E-state index contributed by atoms with van der Waals surface area (Å²) in [7, 11) is 1.53. The lowest BCUT2D eigenvalue weighted by Gasteiger charge is -2.11. The molecule has 3 aromatic rings. The number of aryl methyl sites for hydroxylation is 1. The van der Waals surface area contributed by atoms with Crippen LogP contribution in [0.3, 0.4) is 0 Å². The molecule has 0 aliphatic rings. The van der Waals surface area contributed by atoms with E-state index in [0.717, 1.165) is 9.79 Å². The van der Waals surface area contributed by atoms with E-state index >= 15 is 0 Å². The molecule has 6 nitrogen and oxygen atoms in total. The van der Waals surface area contributed by atoms with Crippen molar-refractivity contribution < 1.29 is 14.7 Å². The quantitative estimate of drug-likeness (QED) is 0.733. The summed E-state index contributed by atoms with van der Waals surface area (Å²) in [5.74, 6) is -1.70. The van der Waals surface area contributed by atoms with Crippen LogP contribution < -0.4 is 5.32 Å². The van der Waals surface area contributed by atoms with Crippen LogP contribution in [0.2, 0.25) is 0 Å². The molecule has 0 aliphatic carbocycles. The maximum atomic E-state index is 12.6. The first-order chi connectivity index (χ1) is 12.1. The zero-order valence-corrected chi connectivity index (χ0v) is 14.2. The van der Waals surface area contributed by atoms with Crippen molar-refractivity contribution in [3.8, 4) is 0 Å². The van der Waals surface area contributed by atoms with Crippen LogP contribution in [0.4, 0.5) is 5.69 Å². The number of rotatable bonds is 5. The topological polar surface area (TPSA) is 84.2 Å². The molecule has 2 N–H and O–H groups in total. The number of para-hydroxylation sites is 1. The van der Waals surface area contributed by atoms with Crippen LogP contribution in [-0.4, -0.2) is 26.8 Å². The van der Waals surface area contributed by atoms with Crippen molar-refractivity contribution in [3.05, 3.63) is 72.1 Å². The Bertz CT molecular complexity index is 922. The highest BCUT2D eigenvalue weighted by molar-refractivity contribution is 7.99. The molecular weight excluding hydrogens is 338 g/mol. The van der Waals surface area contributed by atoms with E-state index in [4.69, 9.17) is 0 Å². The largest absolute Gasteiger partial charge is 0.478 e. The van der Waals surface area contributed by atoms with Crippen LogP contribution in [0.1, 0.15) is 20.8 Å². The lowest BCUT2D eigenvalue weighted by atomic mass is 10.2. The van der Waals surface area contributed by atoms with Gasteiger partial charge in [0.05, 0.1) is 11.9 Å². The number of anilines is 1. The number of carboxylic acid groups (broad SMARTS) is 1. The molecule has 0 saturated carbocycles. The van der Waals surface area contributed by atoms with Crippen molar-refractivity contribution in [2.24, 2.45) is 7.05 Å². The Kier molecular flexibility index (Phi) is 4.85. The number of benzene rings is 2. The fourth-order valence-electron chi connectivity index (χ4n) is 2.32. The van der Waals surface area contributed by atoms with E-state index in [2.05, 4.69) is 10.4 Å². The first-order valence-corrected chi connectivity index (χ1v) is 8.26. The summed E-state index contributed by atoms with van der Waals surface area (Å²) in [5, 5.41) is 15.9. The molecule has 126 valence electrons. The third kappa shape index (κ3) is 3.72. The van der Waals surface area contributed by atoms with Gasteiger partial charge in [0.1, 0.15) is 11.3 Å². The summed E-state index contributed by atoms with van der Waals surface area (Å²) in [6.07, 6.45) is 1.17. The first kappa shape index (κ1) is 16.8. The molecule has 0 unspecified atom stereocenters. The summed E-state index contributed by atoms with van der Waals surface area (Å²) >= 11 is 1.51. The number of amides is 1. The molecule has 3 rings (SSSR count). The molecule has 0 atom stereocenters. The molecule has 0 bridgehead atoms. The maximum Gasteiger partial charge on any atom is 0.339 e. The van der Waals surface area contributed by atoms with Gasteiger partial charge in [0.25, 0.3) is 5.91 Å². The van der Waals surface area contributed by atoms with Crippen LogP contribution in [0, 0.1) is 0 Å². The Hall–Kier alpha value is -3.06. The van der Waals surface area contributed by atoms with E-state index in [-0.39, 0.29) is 11.3 Å². The zero-order valence-electron chi connectivity index (χ0n) is 13.3. The third-order valence-electron chi connectivity index (χ3n) is 3.49. The van der Waals surface area contributed by atoms with Gasteiger partial charge in [0.2, 0.25) is 0 Å². The molecule has 1 aromatic heterocycles. The minimum atomic E-state index is -1.19. The SMILES string of the molecule is Cn1ncc(C(=O)O)c1C(=O)Nc1ccccc1Sc1ccccc1. The number of carbonyl (C=O) groups is 2. The second-order valence-corrected chi connectivity index (χ2v) is 6.32. The maximum absolute atomic E-state index is 12.6. The average Bonchev–Trinajstić information content (AvgIpc) is 2.99. The Morgan fingerprint density at radius 1 is 1.08 bits per heavy atom. The predicted octanol–water partition coefficient (Wildman–Crippen LogP) is 3.52. The minimum Gasteiger partial charge on any atom is -0.478 e. The Balaban J connectivity index is 1.88. The summed E-state index contributed by atoms with van der Waals surface area (Å²) in [6, 6.07) is 17.2. The molecular formula is C18H15N3O3S. The molecule has 0 saturated heterocycles. The first-order valence-electron chi connectivity index (χ1n) is 7.45. The monoisotopic (exact) mass is 353 g/mol. The van der Waals surface area contributed by atoms with Crippen LogP contribution in [0.5, 0.6) is 0 Å². The molecule has 7 heteroatoms. The molecule has 0 aliphatic heterocycles. The highest BCUT2D eigenvalue weighted by Crippen LogP contribution is 2.33. The number of aromatic nitrogens is 2. The van der Waals surface area contributed by atoms with Crippen LogP contribution in [0.25, 0.3) is 0 Å². The van der Waals surface area contributed by atoms with Crippen molar-refractivity contribution in [2.75, 3.05) is 5.32 Å². The van der Waals surface area contributed by atoms with E-state index in [1.165, 1.54) is 29.7 Å². The number of nitrogens with zero attached hydrogens (tertiary/aromatic N) is 2. The molecule has 0 spiro atoms. The van der Waals surface area contributed by atoms with Gasteiger partial charge in [-0.3, -0.25) is 9.48 Å². The van der Waals surface area contributed by atoms with Crippen molar-refractivity contribution in [2.45, 2.75) is 9.79 Å². The van der Waals surface area contributed by atoms with Crippen molar-refractivity contribution in [3.63, 3.8) is 0 Å². The van der Waals surface area contributed by atoms with Gasteiger partial charge in [-0.1, -0.05) is 42.1 Å². The summed E-state index contributed by atoms with van der Waals surface area (Å²) in [4.78, 5) is 25.7. The second kappa shape index (κ2) is 7.23. The highest BCUT2D eigenvalue weighted by atomic mass is 32.2. The fraction of sp³-hybridized carbons (Fsp3) is 0.0556. The normalized spacial score (nSPS) is 10.4. The van der Waals surface area contributed by atoms with Crippen LogP contribution >= 0.6 is 11.8 Å². The van der Waals surface area contributed by atoms with Gasteiger partial charge in [-0.25, -0.2) is 4.79 Å². The minimum absolute atomic E-state index is 0.00649. The molecule has 25 heavy (non-hydrogen) atoms. The lowest BCUT2D eigenvalue weighted by Crippen LogP contribution is -2.19. The van der Waals surface area contributed by atoms with E-state index < -0.39 is 11.9 Å². The van der Waals surface area contributed by atoms with Gasteiger partial charge in [0.15, 0.2) is 0 Å². The van der Waals surface area contributed by atoms with Gasteiger partial charge in [-0.15, -0.1) is 0 Å². The Morgan fingerprint density at radius 2 is 1.76 bits per heavy atom. The number of hydrogen-bond acceptors (Lipinski definition) is 4. The fourth-order valence-corrected chi connectivity index (χ4v) is 3.24. The van der Waals surface area contributed by atoms with E-state index in [1.54, 1.807) is 6.07 Å². The molecule has 0 fully saturated rings. The van der Waals surface area contributed by atoms with Crippen molar-refractivity contribution in [1.29, 1.82) is 0 Å². The van der Waals surface area contributed by atoms with Gasteiger partial charge >= 0.3 is 5.97 Å². The molecule has 2 aromatic carbocycles. The number of carbonyl (C=O) groups excluding carboxylic acids is 1. The Morgan fingerprint density at radius 3 is 2.48 bits per heavy atom. The molecule has 1 amide bonds. The van der Waals surface area contributed by atoms with Crippen LogP contribution in [-0.2, 0) is 7.05 Å². The summed E-state index contributed by atoms with van der Waals surface area (Å²) in [6.45, 7) is 0. The van der Waals surface area contributed by atoms with E-state index in [0.29, 0.717) is 5.69 Å². The smallest absolute Gasteiger partial charge is 0.339 e. The third-order valence-corrected chi connectivity index (χ3v) is 4.57. The van der Waals surface area contributed by atoms with Gasteiger partial charge in [-0.05, 0) is 24.3 Å². The van der Waals surface area contributed by atoms with Gasteiger partial charge in [0, 0.05) is 16.8 Å². The average molecular weight is 353 g/mol. The van der Waals surface area contributed by atoms with E-state index in [1.807, 2.05) is 48.5 Å². The number of carboxylic acids is 1. The Labute approximate surface area is 148 Å². The van der Waals surface area contributed by atoms with Crippen LogP contribution in [0.15, 0.2) is 70.6 Å². The number of nitrogens with one attached hydrogen (secondary N) is 1. The lowest BCUT2D eigenvalue weighted by molar-refractivity contribution is 0.0692. The molecule has 1 heterocycles. The second-order valence-electron chi connectivity index (χ2n) is 5.20. The summed E-state index contributed by atoms with van der Waals surface area (Å²) in [5.41, 5.74) is 0.485. The number of aromatic carboxylic acids is 1. The standard InChI is InChI=1S/C18H15N3O3S/c1-21-16(13(11-19-21)18(23)24)17(22)20-14-9-5-6-10-15(14)25-12-7-3-2-4-8-12/h2-11H,1H3,(H,20,22)(H,23,24).